The maximum atomic E-state index is 8.93. The number of anilines is 1. The maximum Gasteiger partial charge on any atom is 0.0992 e. The van der Waals surface area contributed by atoms with Crippen LogP contribution in [-0.4, -0.2) is 7.11 Å². The zero-order chi connectivity index (χ0) is 14.4. The molecular weight excluding hydrogens is 248 g/mol. The molecule has 0 amide bonds. The molecule has 0 fully saturated rings. The van der Waals surface area contributed by atoms with E-state index in [2.05, 4.69) is 35.7 Å². The van der Waals surface area contributed by atoms with Crippen molar-refractivity contribution in [2.24, 2.45) is 0 Å². The first-order chi connectivity index (χ1) is 9.72. The summed E-state index contributed by atoms with van der Waals surface area (Å²) in [5.74, 6) is 0. The normalized spacial score (nSPS) is 10.1. The van der Waals surface area contributed by atoms with E-state index in [-0.39, 0.29) is 0 Å². The maximum absolute atomic E-state index is 8.93. The first-order valence-corrected chi connectivity index (χ1v) is 6.54. The zero-order valence-electron chi connectivity index (χ0n) is 11.8. The molecule has 0 aliphatic heterocycles. The van der Waals surface area contributed by atoms with Gasteiger partial charge in [0.25, 0.3) is 0 Å². The number of methoxy groups -OCH3 is 1. The lowest BCUT2D eigenvalue weighted by Crippen LogP contribution is -2.01. The van der Waals surface area contributed by atoms with Crippen LogP contribution in [-0.2, 0) is 17.9 Å². The standard InChI is InChI=1S/C17H18N2O/c1-13-3-4-16(10-18)9-17(13)19-11-14-5-7-15(8-6-14)12-20-2/h3-9,19H,11-12H2,1-2H3. The van der Waals surface area contributed by atoms with Gasteiger partial charge in [0.1, 0.15) is 0 Å². The highest BCUT2D eigenvalue weighted by molar-refractivity contribution is 5.55. The Morgan fingerprint density at radius 1 is 1.10 bits per heavy atom. The molecule has 3 nitrogen and oxygen atoms in total. The SMILES string of the molecule is COCc1ccc(CNc2cc(C#N)ccc2C)cc1. The van der Waals surface area contributed by atoms with Gasteiger partial charge in [0, 0.05) is 19.3 Å². The van der Waals surface area contributed by atoms with Gasteiger partial charge in [0.05, 0.1) is 18.2 Å². The molecule has 0 aliphatic carbocycles. The number of nitrogens with zero attached hydrogens (tertiary/aromatic N) is 1. The summed E-state index contributed by atoms with van der Waals surface area (Å²) in [5.41, 5.74) is 5.18. The van der Waals surface area contributed by atoms with Crippen molar-refractivity contribution in [3.8, 4) is 6.07 Å². The van der Waals surface area contributed by atoms with Gasteiger partial charge in [-0.1, -0.05) is 30.3 Å². The lowest BCUT2D eigenvalue weighted by molar-refractivity contribution is 0.185. The van der Waals surface area contributed by atoms with Crippen LogP contribution in [0.15, 0.2) is 42.5 Å². The molecule has 3 heteroatoms. The van der Waals surface area contributed by atoms with Crippen molar-refractivity contribution in [2.75, 3.05) is 12.4 Å². The second-order valence-electron chi connectivity index (χ2n) is 4.74. The predicted molar refractivity (Wildman–Crippen MR) is 80.4 cm³/mol. The Labute approximate surface area is 119 Å². The van der Waals surface area contributed by atoms with E-state index in [1.54, 1.807) is 7.11 Å². The molecule has 0 radical (unpaired) electrons. The number of ether oxygens (including phenoxy) is 1. The number of hydrogen-bond donors (Lipinski definition) is 1. The van der Waals surface area contributed by atoms with Crippen molar-refractivity contribution < 1.29 is 4.74 Å². The Hall–Kier alpha value is -2.31. The van der Waals surface area contributed by atoms with Crippen LogP contribution in [0.1, 0.15) is 22.3 Å². The molecule has 102 valence electrons. The van der Waals surface area contributed by atoms with Crippen molar-refractivity contribution >= 4 is 5.69 Å². The zero-order valence-corrected chi connectivity index (χ0v) is 11.8. The predicted octanol–water partition coefficient (Wildman–Crippen LogP) is 3.63. The number of rotatable bonds is 5. The van der Waals surface area contributed by atoms with Crippen LogP contribution < -0.4 is 5.32 Å². The third-order valence-corrected chi connectivity index (χ3v) is 3.18. The molecule has 0 saturated heterocycles. The summed E-state index contributed by atoms with van der Waals surface area (Å²) in [7, 11) is 1.69. The molecule has 2 aromatic carbocycles. The minimum atomic E-state index is 0.636. The van der Waals surface area contributed by atoms with Crippen molar-refractivity contribution in [3.05, 3.63) is 64.7 Å². The highest BCUT2D eigenvalue weighted by Gasteiger charge is 2.00. The number of hydrogen-bond acceptors (Lipinski definition) is 3. The Bertz CT molecular complexity index is 612. The molecular formula is C17H18N2O. The molecule has 2 rings (SSSR count). The lowest BCUT2D eigenvalue weighted by atomic mass is 10.1. The smallest absolute Gasteiger partial charge is 0.0992 e. The van der Waals surface area contributed by atoms with Gasteiger partial charge in [-0.3, -0.25) is 0 Å². The van der Waals surface area contributed by atoms with E-state index in [0.717, 1.165) is 17.8 Å². The van der Waals surface area contributed by atoms with Crippen LogP contribution in [0.25, 0.3) is 0 Å². The largest absolute Gasteiger partial charge is 0.381 e. The summed E-state index contributed by atoms with van der Waals surface area (Å²) in [6.45, 7) is 3.41. The molecule has 0 saturated carbocycles. The average Bonchev–Trinajstić information content (AvgIpc) is 2.48. The molecule has 0 aromatic heterocycles. The molecule has 2 aromatic rings. The minimum absolute atomic E-state index is 0.636. The number of nitrogens with one attached hydrogen (secondary N) is 1. The highest BCUT2D eigenvalue weighted by Crippen LogP contribution is 2.17. The molecule has 0 atom stereocenters. The second kappa shape index (κ2) is 6.74. The van der Waals surface area contributed by atoms with E-state index in [9.17, 15) is 0 Å². The summed E-state index contributed by atoms with van der Waals surface area (Å²) in [6.07, 6.45) is 0. The van der Waals surface area contributed by atoms with E-state index in [0.29, 0.717) is 12.2 Å². The van der Waals surface area contributed by atoms with Crippen LogP contribution in [0.3, 0.4) is 0 Å². The highest BCUT2D eigenvalue weighted by atomic mass is 16.5. The first-order valence-electron chi connectivity index (χ1n) is 6.54. The van der Waals surface area contributed by atoms with Crippen molar-refractivity contribution in [3.63, 3.8) is 0 Å². The van der Waals surface area contributed by atoms with Crippen LogP contribution in [0.5, 0.6) is 0 Å². The third-order valence-electron chi connectivity index (χ3n) is 3.18. The van der Waals surface area contributed by atoms with Gasteiger partial charge < -0.3 is 10.1 Å². The Morgan fingerprint density at radius 3 is 2.45 bits per heavy atom. The summed E-state index contributed by atoms with van der Waals surface area (Å²) in [6, 6.07) is 16.2. The molecule has 20 heavy (non-hydrogen) atoms. The van der Waals surface area contributed by atoms with Gasteiger partial charge in [-0.05, 0) is 35.7 Å². The van der Waals surface area contributed by atoms with Crippen LogP contribution in [0.2, 0.25) is 0 Å². The molecule has 0 spiro atoms. The van der Waals surface area contributed by atoms with Gasteiger partial charge in [0.2, 0.25) is 0 Å². The van der Waals surface area contributed by atoms with Crippen molar-refractivity contribution in [2.45, 2.75) is 20.1 Å². The van der Waals surface area contributed by atoms with Crippen LogP contribution in [0, 0.1) is 18.3 Å². The van der Waals surface area contributed by atoms with E-state index in [1.165, 1.54) is 11.1 Å². The fourth-order valence-electron chi connectivity index (χ4n) is 2.00. The lowest BCUT2D eigenvalue weighted by Gasteiger charge is -2.10. The van der Waals surface area contributed by atoms with E-state index < -0.39 is 0 Å². The van der Waals surface area contributed by atoms with E-state index in [4.69, 9.17) is 10.00 Å². The van der Waals surface area contributed by atoms with Crippen molar-refractivity contribution in [1.82, 2.24) is 0 Å². The second-order valence-corrected chi connectivity index (χ2v) is 4.74. The van der Waals surface area contributed by atoms with Gasteiger partial charge >= 0.3 is 0 Å². The third kappa shape index (κ3) is 3.59. The summed E-state index contributed by atoms with van der Waals surface area (Å²) >= 11 is 0. The minimum Gasteiger partial charge on any atom is -0.381 e. The first kappa shape index (κ1) is 14.1. The number of aryl methyl sites for hydroxylation is 1. The number of nitriles is 1. The average molecular weight is 266 g/mol. The van der Waals surface area contributed by atoms with Gasteiger partial charge in [-0.25, -0.2) is 0 Å². The Morgan fingerprint density at radius 2 is 1.80 bits per heavy atom. The van der Waals surface area contributed by atoms with E-state index in [1.807, 2.05) is 25.1 Å². The fourth-order valence-corrected chi connectivity index (χ4v) is 2.00. The van der Waals surface area contributed by atoms with Gasteiger partial charge in [-0.15, -0.1) is 0 Å². The molecule has 1 N–H and O–H groups in total. The summed E-state index contributed by atoms with van der Waals surface area (Å²) < 4.78 is 5.09. The topological polar surface area (TPSA) is 45.0 Å². The molecule has 0 unspecified atom stereocenters. The Kier molecular flexibility index (Phi) is 4.75. The molecule has 0 aliphatic rings. The van der Waals surface area contributed by atoms with Gasteiger partial charge in [0.15, 0.2) is 0 Å². The Balaban J connectivity index is 2.03. The summed E-state index contributed by atoms with van der Waals surface area (Å²) in [5, 5.41) is 12.3. The monoisotopic (exact) mass is 266 g/mol. The fraction of sp³-hybridized carbons (Fsp3) is 0.235. The van der Waals surface area contributed by atoms with Crippen LogP contribution in [0.4, 0.5) is 5.69 Å². The summed E-state index contributed by atoms with van der Waals surface area (Å²) in [4.78, 5) is 0. The number of benzene rings is 2. The van der Waals surface area contributed by atoms with E-state index >= 15 is 0 Å². The van der Waals surface area contributed by atoms with Crippen LogP contribution >= 0.6 is 0 Å². The molecule has 0 heterocycles. The molecule has 0 bridgehead atoms. The van der Waals surface area contributed by atoms with Gasteiger partial charge in [-0.2, -0.15) is 5.26 Å². The quantitative estimate of drug-likeness (QED) is 0.899. The van der Waals surface area contributed by atoms with Crippen molar-refractivity contribution in [1.29, 1.82) is 5.26 Å².